The van der Waals surface area contributed by atoms with Gasteiger partial charge in [0.05, 0.1) is 0 Å². The monoisotopic (exact) mass is 305 g/mol. The second kappa shape index (κ2) is 6.70. The van der Waals surface area contributed by atoms with Gasteiger partial charge in [-0.25, -0.2) is 0 Å². The third kappa shape index (κ3) is 3.51. The minimum absolute atomic E-state index is 0.0734. The van der Waals surface area contributed by atoms with Crippen molar-refractivity contribution >= 4 is 10.2 Å². The number of hydrogen-bond acceptors (Lipinski definition) is 4. The minimum Gasteiger partial charge on any atom is -0.396 e. The number of nitrogens with zero attached hydrogens (tertiary/aromatic N) is 3. The maximum Gasteiger partial charge on any atom is 0.281 e. The molecule has 0 aromatic carbocycles. The van der Waals surface area contributed by atoms with Crippen molar-refractivity contribution in [1.82, 2.24) is 13.5 Å². The standard InChI is InChI=1S/C13H27N3O3S/c1-14-8-5-13(6-9-14)15(2)20(18,19)16-7-3-4-12(10-16)11-17/h12-13,17H,3-11H2,1-2H3. The van der Waals surface area contributed by atoms with E-state index in [2.05, 4.69) is 11.9 Å². The number of aliphatic hydroxyl groups excluding tert-OH is 1. The lowest BCUT2D eigenvalue weighted by molar-refractivity contribution is 0.153. The Morgan fingerprint density at radius 2 is 1.85 bits per heavy atom. The highest BCUT2D eigenvalue weighted by atomic mass is 32.2. The van der Waals surface area contributed by atoms with Gasteiger partial charge in [-0.2, -0.15) is 17.0 Å². The summed E-state index contributed by atoms with van der Waals surface area (Å²) in [6.07, 6.45) is 3.54. The molecule has 7 heteroatoms. The molecule has 2 aliphatic rings. The largest absolute Gasteiger partial charge is 0.396 e. The van der Waals surface area contributed by atoms with E-state index in [4.69, 9.17) is 0 Å². The fourth-order valence-electron chi connectivity index (χ4n) is 3.11. The number of rotatable bonds is 4. The number of hydrogen-bond donors (Lipinski definition) is 1. The summed E-state index contributed by atoms with van der Waals surface area (Å²) in [4.78, 5) is 2.24. The minimum atomic E-state index is -3.39. The Balaban J connectivity index is 2.01. The molecule has 20 heavy (non-hydrogen) atoms. The van der Waals surface area contributed by atoms with Crippen LogP contribution in [0.4, 0.5) is 0 Å². The summed E-state index contributed by atoms with van der Waals surface area (Å²) in [6, 6.07) is 0.103. The van der Waals surface area contributed by atoms with Gasteiger partial charge in [0.1, 0.15) is 0 Å². The first-order valence-electron chi connectivity index (χ1n) is 7.47. The van der Waals surface area contributed by atoms with Crippen molar-refractivity contribution in [2.75, 3.05) is 46.9 Å². The Hall–Kier alpha value is -0.210. The highest BCUT2D eigenvalue weighted by Crippen LogP contribution is 2.24. The third-order valence-electron chi connectivity index (χ3n) is 4.63. The molecule has 2 rings (SSSR count). The van der Waals surface area contributed by atoms with Gasteiger partial charge in [-0.15, -0.1) is 0 Å². The molecular weight excluding hydrogens is 278 g/mol. The molecule has 0 amide bonds. The van der Waals surface area contributed by atoms with E-state index in [0.717, 1.165) is 38.8 Å². The molecule has 6 nitrogen and oxygen atoms in total. The lowest BCUT2D eigenvalue weighted by atomic mass is 10.0. The van der Waals surface area contributed by atoms with E-state index in [-0.39, 0.29) is 18.6 Å². The maximum absolute atomic E-state index is 12.7. The molecule has 1 N–H and O–H groups in total. The Morgan fingerprint density at radius 3 is 2.45 bits per heavy atom. The van der Waals surface area contributed by atoms with Gasteiger partial charge in [-0.3, -0.25) is 0 Å². The normalized spacial score (nSPS) is 28.1. The molecule has 118 valence electrons. The molecule has 0 aromatic heterocycles. The molecule has 2 aliphatic heterocycles. The van der Waals surface area contributed by atoms with Crippen molar-refractivity contribution in [2.45, 2.75) is 31.7 Å². The quantitative estimate of drug-likeness (QED) is 0.792. The van der Waals surface area contributed by atoms with Crippen LogP contribution in [0.15, 0.2) is 0 Å². The first-order valence-corrected chi connectivity index (χ1v) is 8.87. The summed E-state index contributed by atoms with van der Waals surface area (Å²) < 4.78 is 28.5. The molecule has 1 atom stereocenters. The SMILES string of the molecule is CN1CCC(N(C)S(=O)(=O)N2CCCC(CO)C2)CC1. The molecule has 0 aromatic rings. The van der Waals surface area contributed by atoms with Crippen molar-refractivity contribution in [3.05, 3.63) is 0 Å². The van der Waals surface area contributed by atoms with E-state index in [1.165, 1.54) is 0 Å². The second-order valence-electron chi connectivity index (χ2n) is 6.11. The van der Waals surface area contributed by atoms with Crippen LogP contribution in [0.1, 0.15) is 25.7 Å². The van der Waals surface area contributed by atoms with Crippen LogP contribution in [0.3, 0.4) is 0 Å². The molecular formula is C13H27N3O3S. The van der Waals surface area contributed by atoms with Crippen LogP contribution < -0.4 is 0 Å². The molecule has 0 radical (unpaired) electrons. The van der Waals surface area contributed by atoms with Crippen molar-refractivity contribution in [1.29, 1.82) is 0 Å². The van der Waals surface area contributed by atoms with Crippen LogP contribution in [-0.2, 0) is 10.2 Å². The highest BCUT2D eigenvalue weighted by Gasteiger charge is 2.35. The molecule has 0 saturated carbocycles. The van der Waals surface area contributed by atoms with E-state index in [1.807, 2.05) is 0 Å². The Morgan fingerprint density at radius 1 is 1.20 bits per heavy atom. The van der Waals surface area contributed by atoms with E-state index in [9.17, 15) is 13.5 Å². The maximum atomic E-state index is 12.7. The average Bonchev–Trinajstić information content (AvgIpc) is 2.47. The zero-order valence-electron chi connectivity index (χ0n) is 12.5. The van der Waals surface area contributed by atoms with Crippen LogP contribution in [0.2, 0.25) is 0 Å². The van der Waals surface area contributed by atoms with Gasteiger partial charge in [-0.05, 0) is 51.7 Å². The summed E-state index contributed by atoms with van der Waals surface area (Å²) in [5.74, 6) is 0.0874. The van der Waals surface area contributed by atoms with Crippen molar-refractivity contribution < 1.29 is 13.5 Å². The lowest BCUT2D eigenvalue weighted by Gasteiger charge is -2.39. The smallest absolute Gasteiger partial charge is 0.281 e. The van der Waals surface area contributed by atoms with Crippen molar-refractivity contribution in [3.8, 4) is 0 Å². The molecule has 2 saturated heterocycles. The highest BCUT2D eigenvalue weighted by molar-refractivity contribution is 7.86. The summed E-state index contributed by atoms with van der Waals surface area (Å²) in [6.45, 7) is 3.00. The predicted octanol–water partition coefficient (Wildman–Crippen LogP) is -0.0385. The van der Waals surface area contributed by atoms with Crippen LogP contribution >= 0.6 is 0 Å². The Kier molecular flexibility index (Phi) is 5.42. The lowest BCUT2D eigenvalue weighted by Crippen LogP contribution is -2.52. The van der Waals surface area contributed by atoms with Crippen LogP contribution in [0, 0.1) is 5.92 Å². The summed E-state index contributed by atoms with van der Waals surface area (Å²) in [5.41, 5.74) is 0. The van der Waals surface area contributed by atoms with Gasteiger partial charge in [-0.1, -0.05) is 0 Å². The van der Waals surface area contributed by atoms with Crippen LogP contribution in [0.25, 0.3) is 0 Å². The zero-order valence-corrected chi connectivity index (χ0v) is 13.3. The number of likely N-dealkylation sites (tertiary alicyclic amines) is 1. The van der Waals surface area contributed by atoms with E-state index in [1.54, 1.807) is 15.7 Å². The first-order chi connectivity index (χ1) is 9.45. The summed E-state index contributed by atoms with van der Waals surface area (Å²) >= 11 is 0. The molecule has 1 unspecified atom stereocenters. The van der Waals surface area contributed by atoms with E-state index >= 15 is 0 Å². The van der Waals surface area contributed by atoms with Gasteiger partial charge >= 0.3 is 0 Å². The number of aliphatic hydroxyl groups is 1. The van der Waals surface area contributed by atoms with Crippen LogP contribution in [0.5, 0.6) is 0 Å². The molecule has 0 bridgehead atoms. The predicted molar refractivity (Wildman–Crippen MR) is 78.6 cm³/mol. The van der Waals surface area contributed by atoms with Gasteiger partial charge in [0, 0.05) is 32.8 Å². The van der Waals surface area contributed by atoms with Gasteiger partial charge in [0.2, 0.25) is 0 Å². The van der Waals surface area contributed by atoms with Crippen molar-refractivity contribution in [2.24, 2.45) is 5.92 Å². The van der Waals surface area contributed by atoms with Gasteiger partial charge in [0.25, 0.3) is 10.2 Å². The molecule has 2 fully saturated rings. The van der Waals surface area contributed by atoms with Gasteiger partial charge in [0.15, 0.2) is 0 Å². The fraction of sp³-hybridized carbons (Fsp3) is 1.00. The fourth-order valence-corrected chi connectivity index (χ4v) is 4.83. The van der Waals surface area contributed by atoms with Crippen LogP contribution in [-0.4, -0.2) is 80.0 Å². The van der Waals surface area contributed by atoms with E-state index in [0.29, 0.717) is 13.1 Å². The zero-order chi connectivity index (χ0) is 14.8. The second-order valence-corrected chi connectivity index (χ2v) is 8.10. The average molecular weight is 305 g/mol. The molecule has 0 spiro atoms. The van der Waals surface area contributed by atoms with E-state index < -0.39 is 10.2 Å². The summed E-state index contributed by atoms with van der Waals surface area (Å²) in [5, 5.41) is 9.25. The Bertz CT molecular complexity index is 407. The molecule has 2 heterocycles. The van der Waals surface area contributed by atoms with Crippen molar-refractivity contribution in [3.63, 3.8) is 0 Å². The number of piperidine rings is 2. The summed E-state index contributed by atoms with van der Waals surface area (Å²) in [7, 11) is 0.388. The third-order valence-corrected chi connectivity index (χ3v) is 6.64. The Labute approximate surface area is 122 Å². The topological polar surface area (TPSA) is 64.1 Å². The van der Waals surface area contributed by atoms with Gasteiger partial charge < -0.3 is 10.0 Å². The first kappa shape index (κ1) is 16.2. The molecule has 0 aliphatic carbocycles.